The lowest BCUT2D eigenvalue weighted by molar-refractivity contribution is 0.135. The lowest BCUT2D eigenvalue weighted by Gasteiger charge is -2.39. The van der Waals surface area contributed by atoms with E-state index in [0.29, 0.717) is 109 Å². The van der Waals surface area contributed by atoms with Gasteiger partial charge in [-0.25, -0.2) is 66.1 Å². The van der Waals surface area contributed by atoms with E-state index in [1.165, 1.54) is 45.8 Å². The minimum atomic E-state index is -3.84. The minimum absolute atomic E-state index is 0.00307. The van der Waals surface area contributed by atoms with Crippen LogP contribution in [0.5, 0.6) is 0 Å². The Morgan fingerprint density at radius 2 is 0.503 bits per heavy atom. The van der Waals surface area contributed by atoms with Gasteiger partial charge in [-0.3, -0.25) is 24.5 Å². The second-order valence-electron chi connectivity index (χ2n) is 34.9. The van der Waals surface area contributed by atoms with Crippen molar-refractivity contribution in [2.24, 2.45) is 0 Å². The van der Waals surface area contributed by atoms with Gasteiger partial charge in [-0.15, -0.1) is 0 Å². The molecule has 0 saturated carbocycles. The number of piperidine rings is 5. The number of aryl methyl sites for hydroxylation is 2. The summed E-state index contributed by atoms with van der Waals surface area (Å²) < 4.78 is 165. The molecule has 10 aromatic rings. The fraction of sp³-hybridized carbons (Fsp3) is 0.330. The van der Waals surface area contributed by atoms with Crippen LogP contribution in [0.2, 0.25) is 45.2 Å². The first-order valence-corrected chi connectivity index (χ1v) is 57.5. The van der Waals surface area contributed by atoms with Crippen LogP contribution in [0.15, 0.2) is 228 Å². The second kappa shape index (κ2) is 45.4. The monoisotopic (exact) mass is 2350 g/mol. The van der Waals surface area contributed by atoms with E-state index in [1.54, 1.807) is 128 Å². The van der Waals surface area contributed by atoms with Crippen LogP contribution in [0.3, 0.4) is 0 Å². The average Bonchev–Trinajstić information content (AvgIpc) is 0.777. The zero-order valence-electron chi connectivity index (χ0n) is 76.4. The summed E-state index contributed by atoms with van der Waals surface area (Å²) in [6, 6.07) is 54.8. The van der Waals surface area contributed by atoms with Gasteiger partial charge < -0.3 is 23.7 Å². The molecule has 0 N–H and O–H groups in total. The van der Waals surface area contributed by atoms with Crippen molar-refractivity contribution in [3.8, 4) is 0 Å². The maximum absolute atomic E-state index is 13.1. The molecule has 30 nitrogen and oxygen atoms in total. The molecule has 0 bridgehead atoms. The van der Waals surface area contributed by atoms with Gasteiger partial charge >= 0.3 is 30.5 Å². The number of nitrogens with zero attached hydrogens (tertiary/aromatic N) is 10. The molecule has 0 radical (unpaired) electrons. The third-order valence-corrected chi connectivity index (χ3v) is 41.2. The Kier molecular flexibility index (Phi) is 34.1. The van der Waals surface area contributed by atoms with Crippen LogP contribution in [0.1, 0.15) is 103 Å². The number of amides is 5. The molecule has 10 aliphatic heterocycles. The van der Waals surface area contributed by atoms with E-state index >= 15 is 0 Å². The molecular formula is C97H93Br2Cl9N10O20S5. The highest BCUT2D eigenvalue weighted by Crippen LogP contribution is 2.45. The number of rotatable bonds is 15. The average molecular weight is 2360 g/mol. The molecule has 0 unspecified atom stereocenters. The molecule has 143 heavy (non-hydrogen) atoms. The molecule has 758 valence electrons. The van der Waals surface area contributed by atoms with Crippen molar-refractivity contribution in [3.05, 3.63) is 287 Å². The van der Waals surface area contributed by atoms with Crippen LogP contribution in [0.25, 0.3) is 0 Å². The van der Waals surface area contributed by atoms with E-state index in [4.69, 9.17) is 128 Å². The molecule has 5 amide bonds. The molecule has 5 saturated heterocycles. The molecule has 46 heteroatoms. The highest BCUT2D eigenvalue weighted by Gasteiger charge is 2.46. The summed E-state index contributed by atoms with van der Waals surface area (Å²) >= 11 is 61.0. The second-order valence-corrected chi connectivity index (χ2v) is 49.8. The van der Waals surface area contributed by atoms with Gasteiger partial charge in [0.2, 0.25) is 50.1 Å². The molecule has 10 aliphatic rings. The number of cyclic esters (lactones) is 5. The van der Waals surface area contributed by atoms with Crippen molar-refractivity contribution in [1.29, 1.82) is 0 Å². The van der Waals surface area contributed by atoms with Crippen LogP contribution in [0, 0.1) is 13.8 Å². The first-order valence-electron chi connectivity index (χ1n) is 45.3. The number of benzene rings is 10. The number of anilines is 5. The first kappa shape index (κ1) is 107. The number of fused-ring (bicyclic) bond motifs is 5. The maximum atomic E-state index is 13.1. The van der Waals surface area contributed by atoms with E-state index in [2.05, 4.69) is 31.9 Å². The summed E-state index contributed by atoms with van der Waals surface area (Å²) in [5, 5.41) is 1.93. The van der Waals surface area contributed by atoms with Gasteiger partial charge in [0.1, 0.15) is 47.7 Å². The summed E-state index contributed by atoms with van der Waals surface area (Å²) in [5.41, 5.74) is 10.9. The largest absolute Gasteiger partial charge is 0.444 e. The fourth-order valence-corrected chi connectivity index (χ4v) is 31.0. The number of sulfonamides is 5. The van der Waals surface area contributed by atoms with Gasteiger partial charge in [-0.2, -0.15) is 21.5 Å². The summed E-state index contributed by atoms with van der Waals surface area (Å²) in [6.07, 6.45) is 3.08. The van der Waals surface area contributed by atoms with Gasteiger partial charge in [0.05, 0.1) is 73.4 Å². The molecule has 0 aromatic heterocycles. The molecule has 5 fully saturated rings. The van der Waals surface area contributed by atoms with Crippen LogP contribution in [-0.4, -0.2) is 190 Å². The normalized spacial score (nSPS) is 18.5. The van der Waals surface area contributed by atoms with Crippen LogP contribution >= 0.6 is 136 Å². The van der Waals surface area contributed by atoms with Gasteiger partial charge in [-0.05, 0) is 225 Å². The summed E-state index contributed by atoms with van der Waals surface area (Å²) in [5.74, 6) is 0. The smallest absolute Gasteiger partial charge is 0.414 e. The van der Waals surface area contributed by atoms with Crippen LogP contribution in [-0.2, 0) is 107 Å². The molecule has 0 atom stereocenters. The Bertz CT molecular complexity index is 6870. The Labute approximate surface area is 891 Å². The standard InChI is InChI=1S/C20H21BrN2O4S.C20H20Cl2N2O4S.C19H18BrClN2O4S.2C19H17Cl3N2O4S/c1-14-6-7-18-15(12-14)13-27-20(24)23(18)16-8-10-22(11-9-16)28(25,26)19-5-3-2-4-17(19)21;1-13-5-6-17-14(11-13)12-28-20(25)24(17)15-7-9-23(10-8-15)29(26,27)18-4-2-3-16(21)19(18)22;20-16-3-1-2-4-18(16)28(25,26)22-9-7-15(8-10-22)23-17-6-5-14(21)11-13(17)12-27-19(23)24;20-13-4-5-16-12(10-13)11-28-19(25)24(16)14-6-8-23(9-7-14)29(26,27)17-3-1-2-15(21)18(17)22;20-14-9-16(22)18(10-15(14)21)29(26,27)23-7-5-13(6-8-23)24-17-4-2-1-3-12(17)11-28-19(24)25/h2-7,12,16H,8-11,13H2,1H3;2-6,11,15H,7-10,12H2,1H3;1-6,11,15H,7-10,12H2;1-5,10,14H,6-9,11H2;1-4,9-10,13H,5-8,11H2. The van der Waals surface area contributed by atoms with Crippen molar-refractivity contribution >= 4 is 245 Å². The molecule has 20 rings (SSSR count). The summed E-state index contributed by atoms with van der Waals surface area (Å²) in [4.78, 5) is 70.8. The van der Waals surface area contributed by atoms with E-state index in [0.717, 1.165) is 67.4 Å². The Hall–Kier alpha value is -8.33. The van der Waals surface area contributed by atoms with Gasteiger partial charge in [0.25, 0.3) is 0 Å². The van der Waals surface area contributed by atoms with E-state index in [9.17, 15) is 66.1 Å². The number of carbonyl (C=O) groups excluding carboxylic acids is 5. The molecule has 0 spiro atoms. The number of para-hydroxylation sites is 1. The van der Waals surface area contributed by atoms with Gasteiger partial charge in [0.15, 0.2) is 0 Å². The number of halogens is 11. The Morgan fingerprint density at radius 1 is 0.252 bits per heavy atom. The number of hydrogen-bond acceptors (Lipinski definition) is 20. The number of ether oxygens (including phenoxy) is 5. The Morgan fingerprint density at radius 3 is 0.825 bits per heavy atom. The summed E-state index contributed by atoms with van der Waals surface area (Å²) in [6.45, 7) is 8.09. The quantitative estimate of drug-likeness (QED) is 0.0679. The lowest BCUT2D eigenvalue weighted by Crippen LogP contribution is -2.50. The van der Waals surface area contributed by atoms with E-state index in [1.807, 2.05) is 80.6 Å². The van der Waals surface area contributed by atoms with E-state index in [-0.39, 0.29) is 174 Å². The Balaban J connectivity index is 0.000000128. The SMILES string of the molecule is Cc1ccc2c(c1)COC(=O)N2C1CCN(S(=O)(=O)c2cccc(Cl)c2Cl)CC1.Cc1ccc2c(c1)COC(=O)N2C1CCN(S(=O)(=O)c2ccccc2Br)CC1.O=C1OCc2cc(Cl)ccc2N1C1CCN(S(=O)(=O)c2cccc(Cl)c2Cl)CC1.O=C1OCc2cc(Cl)ccc2N1C1CCN(S(=O)(=O)c2ccccc2Br)CC1.O=C1OCc2ccccc2N1C1CCN(S(=O)(=O)c2cc(Cl)c(Cl)cc2Cl)CC1. The highest BCUT2D eigenvalue weighted by atomic mass is 79.9. The van der Waals surface area contributed by atoms with Crippen LogP contribution < -0.4 is 24.5 Å². The van der Waals surface area contributed by atoms with Crippen molar-refractivity contribution in [2.75, 3.05) is 89.9 Å². The van der Waals surface area contributed by atoms with Crippen molar-refractivity contribution in [2.45, 2.75) is 166 Å². The topological polar surface area (TPSA) is 335 Å². The zero-order chi connectivity index (χ0) is 102. The molecule has 10 heterocycles. The van der Waals surface area contributed by atoms with Crippen molar-refractivity contribution in [3.63, 3.8) is 0 Å². The van der Waals surface area contributed by atoms with Crippen LogP contribution in [0.4, 0.5) is 52.4 Å². The highest BCUT2D eigenvalue weighted by molar-refractivity contribution is 9.10. The summed E-state index contributed by atoms with van der Waals surface area (Å²) in [7, 11) is -18.6. The fourth-order valence-electron chi connectivity index (χ4n) is 18.8. The predicted octanol–water partition coefficient (Wildman–Crippen LogP) is 23.0. The zero-order valence-corrected chi connectivity index (χ0v) is 90.4. The lowest BCUT2D eigenvalue weighted by atomic mass is 10.0. The minimum Gasteiger partial charge on any atom is -0.444 e. The van der Waals surface area contributed by atoms with Gasteiger partial charge in [0, 0.05) is 142 Å². The predicted molar refractivity (Wildman–Crippen MR) is 557 cm³/mol. The first-order chi connectivity index (χ1) is 68.1. The maximum Gasteiger partial charge on any atom is 0.414 e. The van der Waals surface area contributed by atoms with Crippen molar-refractivity contribution in [1.82, 2.24) is 21.5 Å². The third kappa shape index (κ3) is 23.3. The number of carbonyl (C=O) groups is 5. The molecule has 0 aliphatic carbocycles. The van der Waals surface area contributed by atoms with E-state index < -0.39 is 68.4 Å². The van der Waals surface area contributed by atoms with Gasteiger partial charge in [-0.1, -0.05) is 194 Å². The third-order valence-electron chi connectivity index (χ3n) is 26.1. The number of hydrogen-bond donors (Lipinski definition) is 0. The molecular weight excluding hydrogens is 2260 g/mol. The van der Waals surface area contributed by atoms with Crippen molar-refractivity contribution < 1.29 is 89.7 Å². The molecule has 10 aromatic carbocycles.